The third kappa shape index (κ3) is 3.04. The molecule has 0 bridgehead atoms. The molecule has 0 spiro atoms. The largest absolute Gasteiger partial charge is 0.495 e. The lowest BCUT2D eigenvalue weighted by molar-refractivity contribution is 0.00578. The first-order chi connectivity index (χ1) is 10.8. The van der Waals surface area contributed by atoms with Crippen LogP contribution in [0.15, 0.2) is 18.2 Å². The summed E-state index contributed by atoms with van der Waals surface area (Å²) >= 11 is 0. The molecule has 0 aromatic heterocycles. The first kappa shape index (κ1) is 16.5. The predicted octanol–water partition coefficient (Wildman–Crippen LogP) is 2.75. The van der Waals surface area contributed by atoms with Gasteiger partial charge in [-0.1, -0.05) is 6.07 Å². The third-order valence-corrected chi connectivity index (χ3v) is 5.38. The SMILES string of the molecule is CC1(C)OB(c2ccc(C#N)cc2C2CCOCC2)OC1(C)C. The topological polar surface area (TPSA) is 51.5 Å². The molecule has 23 heavy (non-hydrogen) atoms. The Labute approximate surface area is 138 Å². The van der Waals surface area contributed by atoms with Crippen molar-refractivity contribution in [2.75, 3.05) is 13.2 Å². The Hall–Kier alpha value is -1.35. The van der Waals surface area contributed by atoms with E-state index in [1.54, 1.807) is 0 Å². The van der Waals surface area contributed by atoms with Crippen LogP contribution in [0.1, 0.15) is 57.6 Å². The van der Waals surface area contributed by atoms with Gasteiger partial charge in [-0.25, -0.2) is 0 Å². The molecular formula is C18H24BNO3. The average Bonchev–Trinajstić information content (AvgIpc) is 2.75. The highest BCUT2D eigenvalue weighted by Crippen LogP contribution is 2.37. The Morgan fingerprint density at radius 2 is 1.70 bits per heavy atom. The van der Waals surface area contributed by atoms with Gasteiger partial charge in [-0.05, 0) is 69.6 Å². The van der Waals surface area contributed by atoms with Crippen molar-refractivity contribution in [2.45, 2.75) is 57.7 Å². The highest BCUT2D eigenvalue weighted by molar-refractivity contribution is 6.62. The van der Waals surface area contributed by atoms with Gasteiger partial charge in [0.05, 0.1) is 22.8 Å². The smallest absolute Gasteiger partial charge is 0.399 e. The van der Waals surface area contributed by atoms with E-state index < -0.39 is 0 Å². The van der Waals surface area contributed by atoms with Crippen molar-refractivity contribution in [3.05, 3.63) is 29.3 Å². The molecule has 1 aromatic rings. The van der Waals surface area contributed by atoms with Gasteiger partial charge in [-0.2, -0.15) is 5.26 Å². The van der Waals surface area contributed by atoms with Crippen molar-refractivity contribution < 1.29 is 14.0 Å². The minimum absolute atomic E-state index is 0.363. The minimum atomic E-state index is -0.384. The van der Waals surface area contributed by atoms with Gasteiger partial charge in [0, 0.05) is 13.2 Å². The van der Waals surface area contributed by atoms with E-state index >= 15 is 0 Å². The van der Waals surface area contributed by atoms with Crippen LogP contribution < -0.4 is 5.46 Å². The van der Waals surface area contributed by atoms with Gasteiger partial charge in [-0.15, -0.1) is 0 Å². The molecule has 3 rings (SSSR count). The normalized spacial score (nSPS) is 23.7. The predicted molar refractivity (Wildman–Crippen MR) is 89.7 cm³/mol. The lowest BCUT2D eigenvalue weighted by atomic mass is 9.71. The molecule has 0 unspecified atom stereocenters. The molecule has 4 nitrogen and oxygen atoms in total. The van der Waals surface area contributed by atoms with Crippen LogP contribution in [-0.2, 0) is 14.0 Å². The molecule has 2 fully saturated rings. The zero-order chi connectivity index (χ0) is 16.7. The Morgan fingerprint density at radius 3 is 2.26 bits per heavy atom. The second kappa shape index (κ2) is 5.94. The molecule has 0 atom stereocenters. The minimum Gasteiger partial charge on any atom is -0.399 e. The average molecular weight is 313 g/mol. The van der Waals surface area contributed by atoms with Gasteiger partial charge >= 0.3 is 7.12 Å². The summed E-state index contributed by atoms with van der Waals surface area (Å²) in [5.74, 6) is 0.395. The highest BCUT2D eigenvalue weighted by atomic mass is 16.7. The summed E-state index contributed by atoms with van der Waals surface area (Å²) in [6.07, 6.45) is 1.95. The number of hydrogen-bond acceptors (Lipinski definition) is 4. The summed E-state index contributed by atoms with van der Waals surface area (Å²) in [5.41, 5.74) is 2.18. The maximum absolute atomic E-state index is 9.25. The van der Waals surface area contributed by atoms with Crippen molar-refractivity contribution >= 4 is 12.6 Å². The Bertz CT molecular complexity index is 614. The molecule has 2 aliphatic heterocycles. The molecule has 0 amide bonds. The fourth-order valence-corrected chi connectivity index (χ4v) is 3.19. The van der Waals surface area contributed by atoms with Crippen molar-refractivity contribution in [1.82, 2.24) is 0 Å². The quantitative estimate of drug-likeness (QED) is 0.788. The first-order valence-electron chi connectivity index (χ1n) is 8.31. The Balaban J connectivity index is 1.97. The number of rotatable bonds is 2. The van der Waals surface area contributed by atoms with E-state index in [1.165, 1.54) is 5.56 Å². The van der Waals surface area contributed by atoms with Crippen LogP contribution in [0, 0.1) is 11.3 Å². The molecule has 0 radical (unpaired) electrons. The number of ether oxygens (including phenoxy) is 1. The summed E-state index contributed by atoms with van der Waals surface area (Å²) in [4.78, 5) is 0. The fourth-order valence-electron chi connectivity index (χ4n) is 3.19. The maximum Gasteiger partial charge on any atom is 0.495 e. The van der Waals surface area contributed by atoms with Gasteiger partial charge < -0.3 is 14.0 Å². The molecule has 0 N–H and O–H groups in total. The first-order valence-corrected chi connectivity index (χ1v) is 8.31. The zero-order valence-corrected chi connectivity index (χ0v) is 14.4. The van der Waals surface area contributed by atoms with E-state index in [4.69, 9.17) is 14.0 Å². The lowest BCUT2D eigenvalue weighted by Crippen LogP contribution is -2.41. The van der Waals surface area contributed by atoms with E-state index in [0.717, 1.165) is 31.5 Å². The molecule has 0 aliphatic carbocycles. The number of nitrogens with zero attached hydrogens (tertiary/aromatic N) is 1. The monoisotopic (exact) mass is 313 g/mol. The second-order valence-electron chi connectivity index (χ2n) is 7.43. The van der Waals surface area contributed by atoms with Crippen LogP contribution >= 0.6 is 0 Å². The number of hydrogen-bond donors (Lipinski definition) is 0. The molecule has 2 saturated heterocycles. The van der Waals surface area contributed by atoms with Crippen LogP contribution in [0.3, 0.4) is 0 Å². The summed E-state index contributed by atoms with van der Waals surface area (Å²) in [7, 11) is -0.384. The fraction of sp³-hybridized carbons (Fsp3) is 0.611. The van der Waals surface area contributed by atoms with E-state index in [9.17, 15) is 5.26 Å². The van der Waals surface area contributed by atoms with Crippen molar-refractivity contribution in [2.24, 2.45) is 0 Å². The molecular weight excluding hydrogens is 289 g/mol. The third-order valence-electron chi connectivity index (χ3n) is 5.38. The van der Waals surface area contributed by atoms with Crippen LogP contribution in [-0.4, -0.2) is 31.5 Å². The van der Waals surface area contributed by atoms with Gasteiger partial charge in [0.15, 0.2) is 0 Å². The molecule has 0 saturated carbocycles. The van der Waals surface area contributed by atoms with Gasteiger partial charge in [-0.3, -0.25) is 0 Å². The maximum atomic E-state index is 9.25. The zero-order valence-electron chi connectivity index (χ0n) is 14.4. The van der Waals surface area contributed by atoms with Crippen molar-refractivity contribution in [3.8, 4) is 6.07 Å². The van der Waals surface area contributed by atoms with E-state index in [0.29, 0.717) is 11.5 Å². The number of benzene rings is 1. The highest BCUT2D eigenvalue weighted by Gasteiger charge is 2.52. The van der Waals surface area contributed by atoms with E-state index in [2.05, 4.69) is 33.8 Å². The number of nitriles is 1. The molecule has 2 heterocycles. The Kier molecular flexibility index (Phi) is 4.26. The van der Waals surface area contributed by atoms with Crippen molar-refractivity contribution in [3.63, 3.8) is 0 Å². The second-order valence-corrected chi connectivity index (χ2v) is 7.43. The van der Waals surface area contributed by atoms with Crippen LogP contribution in [0.4, 0.5) is 0 Å². The summed E-state index contributed by atoms with van der Waals surface area (Å²) < 4.78 is 17.9. The van der Waals surface area contributed by atoms with Crippen LogP contribution in [0.2, 0.25) is 0 Å². The van der Waals surface area contributed by atoms with E-state index in [1.807, 2.05) is 18.2 Å². The van der Waals surface area contributed by atoms with Gasteiger partial charge in [0.2, 0.25) is 0 Å². The molecule has 1 aromatic carbocycles. The summed E-state index contributed by atoms with van der Waals surface area (Å²) in [5, 5.41) is 9.25. The summed E-state index contributed by atoms with van der Waals surface area (Å²) in [6, 6.07) is 8.08. The summed E-state index contributed by atoms with van der Waals surface area (Å²) in [6.45, 7) is 9.78. The molecule has 122 valence electrons. The van der Waals surface area contributed by atoms with Crippen molar-refractivity contribution in [1.29, 1.82) is 5.26 Å². The van der Waals surface area contributed by atoms with Crippen LogP contribution in [0.5, 0.6) is 0 Å². The molecule has 5 heteroatoms. The van der Waals surface area contributed by atoms with E-state index in [-0.39, 0.29) is 18.3 Å². The lowest BCUT2D eigenvalue weighted by Gasteiger charge is -2.32. The standard InChI is InChI=1S/C18H24BNO3/c1-17(2)18(3,4)23-19(22-17)16-6-5-13(12-20)11-15(16)14-7-9-21-10-8-14/h5-6,11,14H,7-10H2,1-4H3. The van der Waals surface area contributed by atoms with Gasteiger partial charge in [0.1, 0.15) is 0 Å². The molecule has 2 aliphatic rings. The van der Waals surface area contributed by atoms with Crippen LogP contribution in [0.25, 0.3) is 0 Å². The van der Waals surface area contributed by atoms with Gasteiger partial charge in [0.25, 0.3) is 0 Å². The Morgan fingerprint density at radius 1 is 1.09 bits per heavy atom.